The summed E-state index contributed by atoms with van der Waals surface area (Å²) in [7, 11) is 0. The monoisotopic (exact) mass is 466 g/mol. The van der Waals surface area contributed by atoms with E-state index >= 15 is 0 Å². The van der Waals surface area contributed by atoms with Gasteiger partial charge in [-0.3, -0.25) is 10.3 Å². The van der Waals surface area contributed by atoms with Crippen LogP contribution in [0.25, 0.3) is 0 Å². The molecule has 0 heterocycles. The van der Waals surface area contributed by atoms with Gasteiger partial charge in [-0.1, -0.05) is 122 Å². The molecule has 0 bridgehead atoms. The maximum absolute atomic E-state index is 11.8. The van der Waals surface area contributed by atoms with Gasteiger partial charge in [-0.15, -0.1) is 0 Å². The van der Waals surface area contributed by atoms with Crippen LogP contribution in [0.4, 0.5) is 0 Å². The van der Waals surface area contributed by atoms with E-state index in [-0.39, 0.29) is 17.4 Å². The summed E-state index contributed by atoms with van der Waals surface area (Å²) >= 11 is 0. The maximum Gasteiger partial charge on any atom is 0.136 e. The Hall–Kier alpha value is -0.670. The number of carbonyl (C=O) groups is 1. The van der Waals surface area contributed by atoms with Gasteiger partial charge in [0.15, 0.2) is 0 Å². The van der Waals surface area contributed by atoms with Crippen LogP contribution in [0.3, 0.4) is 0 Å². The number of unbranched alkanes of at least 4 members (excludes halogenated alkanes) is 17. The molecule has 0 aromatic rings. The quantitative estimate of drug-likeness (QED) is 0.0984. The normalized spacial score (nSPS) is 12.2. The third-order valence-electron chi connectivity index (χ3n) is 6.42. The number of carbonyl (C=O) groups excluding carboxylic acids is 1. The van der Waals surface area contributed by atoms with Gasteiger partial charge in [0.25, 0.3) is 0 Å². The summed E-state index contributed by atoms with van der Waals surface area (Å²) in [5, 5.41) is 9.66. The van der Waals surface area contributed by atoms with Gasteiger partial charge in [0.05, 0.1) is 6.10 Å². The molecule has 0 saturated carbocycles. The number of hydrogen-bond donors (Lipinski definition) is 2. The lowest BCUT2D eigenvalue weighted by Gasteiger charge is -2.07. The first-order valence-electron chi connectivity index (χ1n) is 14.4. The van der Waals surface area contributed by atoms with Gasteiger partial charge in [0, 0.05) is 12.8 Å². The Labute approximate surface area is 207 Å². The van der Waals surface area contributed by atoms with Gasteiger partial charge in [0.1, 0.15) is 5.78 Å². The number of aliphatic hydroxyl groups is 1. The molecule has 3 heteroatoms. The molecule has 1 unspecified atom stereocenters. The fourth-order valence-electron chi connectivity index (χ4n) is 4.25. The number of hydrogen-bond acceptors (Lipinski definition) is 2. The lowest BCUT2D eigenvalue weighted by Crippen LogP contribution is -2.09. The summed E-state index contributed by atoms with van der Waals surface area (Å²) in [6.07, 6.45) is 34.5. The second-order valence-corrected chi connectivity index (χ2v) is 9.80. The SMILES string of the molecule is CCCCCCCC/C=C\CCCCCCCCCCCCCC(=O)[CH]CC(O)CCC.[OH]. The maximum atomic E-state index is 11.8. The van der Waals surface area contributed by atoms with E-state index in [9.17, 15) is 9.90 Å². The predicted molar refractivity (Wildman–Crippen MR) is 144 cm³/mol. The van der Waals surface area contributed by atoms with Gasteiger partial charge in [-0.2, -0.15) is 0 Å². The highest BCUT2D eigenvalue weighted by Gasteiger charge is 2.07. The Balaban J connectivity index is 0. The van der Waals surface area contributed by atoms with Crippen molar-refractivity contribution in [1.82, 2.24) is 0 Å². The van der Waals surface area contributed by atoms with Crippen molar-refractivity contribution < 1.29 is 15.4 Å². The van der Waals surface area contributed by atoms with Crippen molar-refractivity contribution in [1.29, 1.82) is 0 Å². The second kappa shape index (κ2) is 29.4. The van der Waals surface area contributed by atoms with Crippen LogP contribution in [0.15, 0.2) is 12.2 Å². The molecule has 0 rings (SSSR count). The van der Waals surface area contributed by atoms with Crippen LogP contribution in [0.2, 0.25) is 0 Å². The van der Waals surface area contributed by atoms with Gasteiger partial charge in [-0.25, -0.2) is 0 Å². The molecule has 0 aliphatic heterocycles. The second-order valence-electron chi connectivity index (χ2n) is 9.80. The van der Waals surface area contributed by atoms with Crippen LogP contribution in [0.1, 0.15) is 162 Å². The summed E-state index contributed by atoms with van der Waals surface area (Å²) in [6, 6.07) is 0. The highest BCUT2D eigenvalue weighted by Crippen LogP contribution is 2.14. The van der Waals surface area contributed by atoms with E-state index in [1.807, 2.05) is 0 Å². The fraction of sp³-hybridized carbons (Fsp3) is 0.867. The van der Waals surface area contributed by atoms with Crippen molar-refractivity contribution in [3.05, 3.63) is 18.6 Å². The number of rotatable bonds is 26. The zero-order valence-electron chi connectivity index (χ0n) is 22.4. The van der Waals surface area contributed by atoms with E-state index in [0.29, 0.717) is 12.8 Å². The third-order valence-corrected chi connectivity index (χ3v) is 6.42. The molecular weight excluding hydrogens is 408 g/mol. The molecule has 0 amide bonds. The highest BCUT2D eigenvalue weighted by molar-refractivity contribution is 5.86. The highest BCUT2D eigenvalue weighted by atomic mass is 16.3. The Bertz CT molecular complexity index is 405. The van der Waals surface area contributed by atoms with Crippen molar-refractivity contribution in [2.75, 3.05) is 0 Å². The Kier molecular flexibility index (Phi) is 30.7. The number of ketones is 1. The zero-order valence-corrected chi connectivity index (χ0v) is 22.4. The van der Waals surface area contributed by atoms with Crippen LogP contribution >= 0.6 is 0 Å². The number of Topliss-reactive ketones (excluding diaryl/α,β-unsaturated/α-hetero) is 1. The Morgan fingerprint density at radius 2 is 1.06 bits per heavy atom. The first kappa shape index (κ1) is 34.5. The molecule has 0 aliphatic rings. The fourth-order valence-corrected chi connectivity index (χ4v) is 4.25. The minimum atomic E-state index is -0.333. The molecule has 196 valence electrons. The van der Waals surface area contributed by atoms with Gasteiger partial charge in [-0.05, 0) is 44.9 Å². The molecule has 0 aromatic carbocycles. The molecule has 0 aromatic heterocycles. The summed E-state index contributed by atoms with van der Waals surface area (Å²) < 4.78 is 0. The van der Waals surface area contributed by atoms with E-state index in [4.69, 9.17) is 0 Å². The minimum absolute atomic E-state index is 0. The molecule has 0 spiro atoms. The van der Waals surface area contributed by atoms with E-state index < -0.39 is 0 Å². The predicted octanol–water partition coefficient (Wildman–Crippen LogP) is 9.51. The van der Waals surface area contributed by atoms with E-state index in [0.717, 1.165) is 19.3 Å². The van der Waals surface area contributed by atoms with Crippen LogP contribution in [0, 0.1) is 6.42 Å². The van der Waals surface area contributed by atoms with Crippen LogP contribution in [-0.2, 0) is 4.79 Å². The summed E-state index contributed by atoms with van der Waals surface area (Å²) in [6.45, 7) is 4.34. The zero-order chi connectivity index (χ0) is 23.5. The average Bonchev–Trinajstić information content (AvgIpc) is 2.79. The molecule has 3 nitrogen and oxygen atoms in total. The summed E-state index contributed by atoms with van der Waals surface area (Å²) in [5.74, 6) is 0.216. The lowest BCUT2D eigenvalue weighted by atomic mass is 10.0. The van der Waals surface area contributed by atoms with Crippen LogP contribution in [-0.4, -0.2) is 22.5 Å². The van der Waals surface area contributed by atoms with Crippen molar-refractivity contribution in [3.63, 3.8) is 0 Å². The summed E-state index contributed by atoms with van der Waals surface area (Å²) in [5.41, 5.74) is 0. The van der Waals surface area contributed by atoms with Crippen molar-refractivity contribution >= 4 is 5.78 Å². The first-order chi connectivity index (χ1) is 15.7. The Morgan fingerprint density at radius 1 is 0.636 bits per heavy atom. The van der Waals surface area contributed by atoms with Gasteiger partial charge in [0.2, 0.25) is 0 Å². The molecular formula is C30H58O3. The van der Waals surface area contributed by atoms with E-state index in [2.05, 4.69) is 26.0 Å². The van der Waals surface area contributed by atoms with Gasteiger partial charge < -0.3 is 5.11 Å². The standard InChI is InChI=1S/C30H57O2.HO/c1-3-5-6-7-8-9-10-11-12-13-14-15-16-17-18-19-20-21-22-23-24-26-30(32)28-27-29(31)25-4-2;/h11-12,28-29,31H,3-10,13-27H2,1-2H3;1H/b12-11-;. The van der Waals surface area contributed by atoms with Crippen molar-refractivity contribution in [3.8, 4) is 0 Å². The molecule has 1 atom stereocenters. The average molecular weight is 467 g/mol. The van der Waals surface area contributed by atoms with E-state index in [1.165, 1.54) is 116 Å². The Morgan fingerprint density at radius 3 is 1.52 bits per heavy atom. The molecule has 0 fully saturated rings. The van der Waals surface area contributed by atoms with Crippen LogP contribution < -0.4 is 0 Å². The largest absolute Gasteiger partial charge is 0.393 e. The third kappa shape index (κ3) is 29.3. The van der Waals surface area contributed by atoms with Crippen LogP contribution in [0.5, 0.6) is 0 Å². The topological polar surface area (TPSA) is 67.3 Å². The smallest absolute Gasteiger partial charge is 0.136 e. The first-order valence-corrected chi connectivity index (χ1v) is 14.4. The number of aliphatic hydroxyl groups excluding tert-OH is 1. The minimum Gasteiger partial charge on any atom is -0.393 e. The molecule has 33 heavy (non-hydrogen) atoms. The van der Waals surface area contributed by atoms with Gasteiger partial charge >= 0.3 is 0 Å². The number of allylic oxidation sites excluding steroid dienone is 2. The van der Waals surface area contributed by atoms with Crippen molar-refractivity contribution in [2.45, 2.75) is 168 Å². The molecule has 2 N–H and O–H groups in total. The molecule has 0 saturated heterocycles. The lowest BCUT2D eigenvalue weighted by molar-refractivity contribution is -0.116. The molecule has 2 radical (unpaired) electrons. The summed E-state index contributed by atoms with van der Waals surface area (Å²) in [4.78, 5) is 11.8. The molecule has 0 aliphatic carbocycles. The van der Waals surface area contributed by atoms with Crippen molar-refractivity contribution in [2.24, 2.45) is 0 Å². The van der Waals surface area contributed by atoms with E-state index in [1.54, 1.807) is 6.42 Å².